The van der Waals surface area contributed by atoms with Gasteiger partial charge in [-0.05, 0) is 0 Å². The van der Waals surface area contributed by atoms with Crippen LogP contribution in [0.3, 0.4) is 0 Å². The van der Waals surface area contributed by atoms with E-state index in [1.54, 1.807) is 0 Å². The summed E-state index contributed by atoms with van der Waals surface area (Å²) in [5.74, 6) is 0. The Morgan fingerprint density at radius 1 is 0.400 bits per heavy atom. The molecule has 0 saturated heterocycles. The van der Waals surface area contributed by atoms with Crippen LogP contribution in [0.1, 0.15) is 0 Å². The van der Waals surface area contributed by atoms with Gasteiger partial charge in [0.25, 0.3) is 0 Å². The topological polar surface area (TPSA) is 85.5 Å². The smallest absolute Gasteiger partial charge is 0 e. The van der Waals surface area contributed by atoms with Crippen LogP contribution in [0.2, 0.25) is 0 Å². The van der Waals surface area contributed by atoms with Crippen LogP contribution in [0.15, 0.2) is 0 Å². The van der Waals surface area contributed by atoms with Crippen LogP contribution in [-0.4, -0.2) is 0 Å². The SMILES string of the molecule is [Ni].[Ni].[O-2].[O-2].[O-2]. The van der Waals surface area contributed by atoms with Crippen LogP contribution in [0, 0.1) is 0 Å². The molecule has 0 aromatic rings. The summed E-state index contributed by atoms with van der Waals surface area (Å²) in [6.07, 6.45) is 0. The van der Waals surface area contributed by atoms with E-state index < -0.39 is 0 Å². The second-order valence-corrected chi connectivity index (χ2v) is 0. The zero-order valence-electron chi connectivity index (χ0n) is 1.86. The summed E-state index contributed by atoms with van der Waals surface area (Å²) in [5, 5.41) is 0. The van der Waals surface area contributed by atoms with Crippen molar-refractivity contribution in [3.8, 4) is 0 Å². The van der Waals surface area contributed by atoms with Crippen LogP contribution >= 0.6 is 0 Å². The molecule has 0 saturated carbocycles. The van der Waals surface area contributed by atoms with E-state index >= 15 is 0 Å². The van der Waals surface area contributed by atoms with Crippen molar-refractivity contribution in [3.63, 3.8) is 0 Å². The van der Waals surface area contributed by atoms with Gasteiger partial charge in [-0.1, -0.05) is 0 Å². The Hall–Kier alpha value is 0.867. The van der Waals surface area contributed by atoms with Crippen molar-refractivity contribution in [2.45, 2.75) is 0 Å². The first-order valence-electron chi connectivity index (χ1n) is 0. The van der Waals surface area contributed by atoms with E-state index in [1.165, 1.54) is 0 Å². The maximum atomic E-state index is 0. The summed E-state index contributed by atoms with van der Waals surface area (Å²) in [6.45, 7) is 0. The molecule has 44 valence electrons. The van der Waals surface area contributed by atoms with Crippen LogP contribution in [0.4, 0.5) is 0 Å². The first kappa shape index (κ1) is 185. The van der Waals surface area contributed by atoms with Gasteiger partial charge < -0.3 is 16.4 Å². The van der Waals surface area contributed by atoms with Gasteiger partial charge in [0.2, 0.25) is 0 Å². The van der Waals surface area contributed by atoms with Crippen molar-refractivity contribution in [3.05, 3.63) is 0 Å². The van der Waals surface area contributed by atoms with Gasteiger partial charge in [-0.25, -0.2) is 0 Å². The molecule has 5 heteroatoms. The quantitative estimate of drug-likeness (QED) is 0.439. The molecule has 0 aliphatic heterocycles. The van der Waals surface area contributed by atoms with E-state index in [0.717, 1.165) is 0 Å². The van der Waals surface area contributed by atoms with Gasteiger partial charge in [-0.2, -0.15) is 0 Å². The molecular weight excluding hydrogens is 165 g/mol. The number of hydrogen-bond donors (Lipinski definition) is 0. The zero-order valence-corrected chi connectivity index (χ0v) is 3.83. The summed E-state index contributed by atoms with van der Waals surface area (Å²) >= 11 is 0. The van der Waals surface area contributed by atoms with Crippen molar-refractivity contribution in [1.29, 1.82) is 0 Å². The fourth-order valence-corrected chi connectivity index (χ4v) is 0. The van der Waals surface area contributed by atoms with Crippen molar-refractivity contribution < 1.29 is 49.4 Å². The van der Waals surface area contributed by atoms with Gasteiger partial charge in [-0.3, -0.25) is 0 Å². The predicted molar refractivity (Wildman–Crippen MR) is 2.06 cm³/mol. The molecule has 0 unspecified atom stereocenters. The second kappa shape index (κ2) is 96.8. The Morgan fingerprint density at radius 3 is 0.400 bits per heavy atom. The molecule has 0 aromatic heterocycles. The maximum Gasteiger partial charge on any atom is 0 e. The summed E-state index contributed by atoms with van der Waals surface area (Å²) in [5.41, 5.74) is 0. The van der Waals surface area contributed by atoms with Crippen LogP contribution in [-0.2, 0) is 49.4 Å². The van der Waals surface area contributed by atoms with Gasteiger partial charge in [0, 0.05) is 33.0 Å². The zero-order chi connectivity index (χ0) is 0. The third-order valence-corrected chi connectivity index (χ3v) is 0. The fraction of sp³-hybridized carbons (Fsp3) is 0. The largest absolute Gasteiger partial charge is 2.00 e. The van der Waals surface area contributed by atoms with Crippen LogP contribution < -0.4 is 0 Å². The molecule has 0 N–H and O–H groups in total. The van der Waals surface area contributed by atoms with E-state index in [9.17, 15) is 0 Å². The van der Waals surface area contributed by atoms with E-state index in [4.69, 9.17) is 0 Å². The average molecular weight is 165 g/mol. The summed E-state index contributed by atoms with van der Waals surface area (Å²) in [4.78, 5) is 0. The summed E-state index contributed by atoms with van der Waals surface area (Å²) < 4.78 is 0. The normalized spacial score (nSPS) is 0. The first-order chi connectivity index (χ1) is 0. The van der Waals surface area contributed by atoms with Crippen molar-refractivity contribution >= 4 is 0 Å². The van der Waals surface area contributed by atoms with E-state index in [2.05, 4.69) is 0 Å². The molecule has 5 heavy (non-hydrogen) atoms. The Balaban J connectivity index is 0. The molecular formula is Ni2O3-6. The molecule has 0 fully saturated rings. The first-order valence-corrected chi connectivity index (χ1v) is 0. The Labute approximate surface area is 49.9 Å². The van der Waals surface area contributed by atoms with Gasteiger partial charge in [-0.15, -0.1) is 0 Å². The van der Waals surface area contributed by atoms with E-state index in [1.807, 2.05) is 0 Å². The molecule has 0 aromatic carbocycles. The monoisotopic (exact) mass is 164 g/mol. The molecule has 0 amide bonds. The molecule has 0 radical (unpaired) electrons. The summed E-state index contributed by atoms with van der Waals surface area (Å²) in [7, 11) is 0. The third kappa shape index (κ3) is 53.2. The number of hydrogen-bond acceptors (Lipinski definition) is 0. The van der Waals surface area contributed by atoms with Crippen LogP contribution in [0.5, 0.6) is 0 Å². The predicted octanol–water partition coefficient (Wildman–Crippen LogP) is -0.361. The molecule has 0 bridgehead atoms. The molecule has 0 spiro atoms. The van der Waals surface area contributed by atoms with Gasteiger partial charge in [0.1, 0.15) is 0 Å². The molecule has 3 nitrogen and oxygen atoms in total. The fourth-order valence-electron chi connectivity index (χ4n) is 0. The Kier molecular flexibility index (Phi) is 3580. The molecule has 0 heterocycles. The Morgan fingerprint density at radius 2 is 0.400 bits per heavy atom. The molecule has 0 atom stereocenters. The minimum absolute atomic E-state index is 0. The van der Waals surface area contributed by atoms with E-state index in [0.29, 0.717) is 0 Å². The molecule has 0 rings (SSSR count). The summed E-state index contributed by atoms with van der Waals surface area (Å²) in [6, 6.07) is 0. The maximum absolute atomic E-state index is 0. The molecule has 0 aliphatic rings. The van der Waals surface area contributed by atoms with Crippen LogP contribution in [0.25, 0.3) is 0 Å². The Bertz CT molecular complexity index is 4.85. The van der Waals surface area contributed by atoms with Gasteiger partial charge >= 0.3 is 0 Å². The minimum Gasteiger partial charge on any atom is -2.00 e. The van der Waals surface area contributed by atoms with Crippen molar-refractivity contribution in [2.75, 3.05) is 0 Å². The van der Waals surface area contributed by atoms with Crippen molar-refractivity contribution in [1.82, 2.24) is 0 Å². The van der Waals surface area contributed by atoms with Gasteiger partial charge in [0.15, 0.2) is 0 Å². The van der Waals surface area contributed by atoms with E-state index in [-0.39, 0.29) is 49.4 Å². The minimum atomic E-state index is 0. The van der Waals surface area contributed by atoms with Gasteiger partial charge in [0.05, 0.1) is 0 Å². The number of rotatable bonds is 0. The van der Waals surface area contributed by atoms with Crippen molar-refractivity contribution in [2.24, 2.45) is 0 Å². The standard InChI is InChI=1S/2Ni.3O/q;;3*-2. The molecule has 0 aliphatic carbocycles. The second-order valence-electron chi connectivity index (χ2n) is 0. The third-order valence-electron chi connectivity index (χ3n) is 0. The average Bonchev–Trinajstić information content (AvgIpc) is 0.